The van der Waals surface area contributed by atoms with Crippen molar-refractivity contribution >= 4 is 39.1 Å². The Kier molecular flexibility index (Phi) is 3.35. The minimum absolute atomic E-state index is 0.155. The quantitative estimate of drug-likeness (QED) is 0.795. The van der Waals surface area contributed by atoms with Crippen molar-refractivity contribution in [2.45, 2.75) is 0 Å². The number of carbonyl (C=O) groups is 1. The molecular weight excluding hydrogens is 309 g/mol. The van der Waals surface area contributed by atoms with Crippen molar-refractivity contribution in [2.24, 2.45) is 0 Å². The molecule has 17 heavy (non-hydrogen) atoms. The Labute approximate surface area is 109 Å². The Balaban J connectivity index is 2.24. The Morgan fingerprint density at radius 3 is 2.82 bits per heavy atom. The number of rotatable bonds is 2. The molecule has 3 N–H and O–H groups in total. The molecule has 0 aliphatic rings. The van der Waals surface area contributed by atoms with Crippen molar-refractivity contribution < 1.29 is 4.79 Å². The summed E-state index contributed by atoms with van der Waals surface area (Å²) in [5, 5.41) is 3.11. The number of H-pyrrole nitrogens is 2. The van der Waals surface area contributed by atoms with Gasteiger partial charge in [0.1, 0.15) is 5.69 Å². The first kappa shape index (κ1) is 11.9. The predicted molar refractivity (Wildman–Crippen MR) is 68.5 cm³/mol. The van der Waals surface area contributed by atoms with Crippen molar-refractivity contribution in [3.63, 3.8) is 0 Å². The number of aromatic nitrogens is 2. The molecule has 0 unspecified atom stereocenters. The lowest BCUT2D eigenvalue weighted by Crippen LogP contribution is -2.14. The van der Waals surface area contributed by atoms with E-state index in [0.29, 0.717) is 15.2 Å². The molecule has 0 radical (unpaired) electrons. The molecule has 88 valence electrons. The maximum atomic E-state index is 11.7. The molecule has 2 rings (SSSR count). The molecule has 7 heteroatoms. The Morgan fingerprint density at radius 1 is 1.41 bits per heavy atom. The van der Waals surface area contributed by atoms with E-state index in [9.17, 15) is 9.59 Å². The molecule has 0 saturated carbocycles. The third-order valence-electron chi connectivity index (χ3n) is 2.04. The van der Waals surface area contributed by atoms with E-state index < -0.39 is 11.6 Å². The monoisotopic (exact) mass is 315 g/mol. The van der Waals surface area contributed by atoms with Crippen LogP contribution in [0.1, 0.15) is 10.5 Å². The smallest absolute Gasteiger partial charge is 0.320 e. The van der Waals surface area contributed by atoms with Crippen LogP contribution in [0.15, 0.2) is 33.7 Å². The molecule has 1 amide bonds. The zero-order chi connectivity index (χ0) is 12.4. The maximum Gasteiger partial charge on any atom is 0.323 e. The number of hydrogen-bond acceptors (Lipinski definition) is 2. The summed E-state index contributed by atoms with van der Waals surface area (Å²) >= 11 is 9.15. The maximum absolute atomic E-state index is 11.7. The molecule has 0 fully saturated rings. The van der Waals surface area contributed by atoms with Gasteiger partial charge in [0, 0.05) is 6.20 Å². The van der Waals surface area contributed by atoms with Gasteiger partial charge in [0.05, 0.1) is 15.2 Å². The van der Waals surface area contributed by atoms with Gasteiger partial charge in [0.15, 0.2) is 0 Å². The zero-order valence-corrected chi connectivity index (χ0v) is 10.7. The third-order valence-corrected chi connectivity index (χ3v) is 3.44. The van der Waals surface area contributed by atoms with Crippen LogP contribution in [0, 0.1) is 0 Å². The van der Waals surface area contributed by atoms with Crippen LogP contribution >= 0.6 is 27.5 Å². The first-order valence-electron chi connectivity index (χ1n) is 4.61. The van der Waals surface area contributed by atoms with Gasteiger partial charge in [-0.25, -0.2) is 4.79 Å². The molecule has 0 saturated heterocycles. The second-order valence-electron chi connectivity index (χ2n) is 3.21. The molecule has 2 aromatic rings. The van der Waals surface area contributed by atoms with E-state index in [1.807, 2.05) is 0 Å². The first-order valence-corrected chi connectivity index (χ1v) is 5.78. The van der Waals surface area contributed by atoms with E-state index in [4.69, 9.17) is 11.6 Å². The van der Waals surface area contributed by atoms with Gasteiger partial charge in [-0.15, -0.1) is 0 Å². The first-order chi connectivity index (χ1) is 8.08. The van der Waals surface area contributed by atoms with E-state index in [1.54, 1.807) is 18.2 Å². The summed E-state index contributed by atoms with van der Waals surface area (Å²) in [6.07, 6.45) is 1.30. The lowest BCUT2D eigenvalue weighted by atomic mass is 10.3. The highest BCUT2D eigenvalue weighted by Crippen LogP contribution is 2.30. The van der Waals surface area contributed by atoms with Crippen molar-refractivity contribution in [3.05, 3.63) is 50.1 Å². The average molecular weight is 317 g/mol. The number of amides is 1. The van der Waals surface area contributed by atoms with Crippen molar-refractivity contribution in [1.29, 1.82) is 0 Å². The summed E-state index contributed by atoms with van der Waals surface area (Å²) in [7, 11) is 0. The second-order valence-corrected chi connectivity index (χ2v) is 4.41. The van der Waals surface area contributed by atoms with Crippen LogP contribution in [0.3, 0.4) is 0 Å². The van der Waals surface area contributed by atoms with E-state index in [1.165, 1.54) is 6.20 Å². The number of aromatic amines is 2. The number of halogens is 2. The molecule has 0 aliphatic heterocycles. The average Bonchev–Trinajstić information content (AvgIpc) is 2.72. The largest absolute Gasteiger partial charge is 0.323 e. The van der Waals surface area contributed by atoms with Gasteiger partial charge in [0.2, 0.25) is 0 Å². The Hall–Kier alpha value is -1.53. The molecule has 0 atom stereocenters. The molecule has 1 heterocycles. The summed E-state index contributed by atoms with van der Waals surface area (Å²) in [5.41, 5.74) is 0.256. The van der Waals surface area contributed by atoms with Crippen molar-refractivity contribution in [2.75, 3.05) is 5.32 Å². The fourth-order valence-electron chi connectivity index (χ4n) is 1.24. The molecule has 1 aromatic heterocycles. The highest BCUT2D eigenvalue weighted by molar-refractivity contribution is 9.10. The Bertz CT molecular complexity index is 620. The van der Waals surface area contributed by atoms with Gasteiger partial charge in [-0.05, 0) is 28.1 Å². The SMILES string of the molecule is O=C(Nc1cccc(Cl)c1Br)c1c[nH]c(=O)[nH]1. The summed E-state index contributed by atoms with van der Waals surface area (Å²) < 4.78 is 0.591. The lowest BCUT2D eigenvalue weighted by molar-refractivity contribution is 0.102. The number of imidazole rings is 1. The summed E-state index contributed by atoms with van der Waals surface area (Å²) in [5.74, 6) is -0.425. The Morgan fingerprint density at radius 2 is 2.18 bits per heavy atom. The highest BCUT2D eigenvalue weighted by atomic mass is 79.9. The molecule has 1 aromatic carbocycles. The van der Waals surface area contributed by atoms with Crippen LogP contribution in [0.5, 0.6) is 0 Å². The standard InChI is InChI=1S/C10H7BrClN3O2/c11-8-5(12)2-1-3-6(8)14-9(16)7-4-13-10(17)15-7/h1-4H,(H,14,16)(H2,13,15,17). The van der Waals surface area contributed by atoms with Gasteiger partial charge in [-0.1, -0.05) is 17.7 Å². The normalized spacial score (nSPS) is 10.2. The fourth-order valence-corrected chi connectivity index (χ4v) is 1.78. The molecular formula is C10H7BrClN3O2. The molecule has 0 bridgehead atoms. The van der Waals surface area contributed by atoms with E-state index in [0.717, 1.165) is 0 Å². The topological polar surface area (TPSA) is 77.8 Å². The number of benzene rings is 1. The summed E-state index contributed by atoms with van der Waals surface area (Å²) in [6, 6.07) is 5.10. The van der Waals surface area contributed by atoms with Crippen molar-refractivity contribution in [1.82, 2.24) is 9.97 Å². The van der Waals surface area contributed by atoms with Gasteiger partial charge in [-0.3, -0.25) is 4.79 Å². The van der Waals surface area contributed by atoms with Crippen LogP contribution in [-0.4, -0.2) is 15.9 Å². The number of nitrogens with one attached hydrogen (secondary N) is 3. The molecule has 5 nitrogen and oxygen atoms in total. The third kappa shape index (κ3) is 2.59. The van der Waals surface area contributed by atoms with Crippen LogP contribution in [0.4, 0.5) is 5.69 Å². The van der Waals surface area contributed by atoms with E-state index in [2.05, 4.69) is 31.2 Å². The predicted octanol–water partition coefficient (Wildman–Crippen LogP) is 2.37. The van der Waals surface area contributed by atoms with Gasteiger partial charge >= 0.3 is 5.69 Å². The van der Waals surface area contributed by atoms with Crippen LogP contribution in [-0.2, 0) is 0 Å². The van der Waals surface area contributed by atoms with Crippen LogP contribution < -0.4 is 11.0 Å². The molecule has 0 aliphatic carbocycles. The van der Waals surface area contributed by atoms with Gasteiger partial charge < -0.3 is 15.3 Å². The van der Waals surface area contributed by atoms with Crippen LogP contribution in [0.2, 0.25) is 5.02 Å². The summed E-state index contributed by atoms with van der Waals surface area (Å²) in [6.45, 7) is 0. The number of carbonyl (C=O) groups excluding carboxylic acids is 1. The minimum Gasteiger partial charge on any atom is -0.320 e. The van der Waals surface area contributed by atoms with E-state index >= 15 is 0 Å². The fraction of sp³-hybridized carbons (Fsp3) is 0. The van der Waals surface area contributed by atoms with Crippen LogP contribution in [0.25, 0.3) is 0 Å². The van der Waals surface area contributed by atoms with E-state index in [-0.39, 0.29) is 5.69 Å². The number of hydrogen-bond donors (Lipinski definition) is 3. The minimum atomic E-state index is -0.430. The zero-order valence-electron chi connectivity index (χ0n) is 8.38. The lowest BCUT2D eigenvalue weighted by Gasteiger charge is -2.06. The molecule has 0 spiro atoms. The second kappa shape index (κ2) is 4.77. The van der Waals surface area contributed by atoms with Gasteiger partial charge in [0.25, 0.3) is 5.91 Å². The highest BCUT2D eigenvalue weighted by Gasteiger charge is 2.11. The van der Waals surface area contributed by atoms with Crippen molar-refractivity contribution in [3.8, 4) is 0 Å². The van der Waals surface area contributed by atoms with Gasteiger partial charge in [-0.2, -0.15) is 0 Å². The summed E-state index contributed by atoms with van der Waals surface area (Å²) in [4.78, 5) is 27.3. The number of anilines is 1.